The number of hydrogen-bond donors (Lipinski definition) is 2. The van der Waals surface area contributed by atoms with Crippen LogP contribution in [0, 0.1) is 0 Å². The first-order valence-corrected chi connectivity index (χ1v) is 7.98. The lowest BCUT2D eigenvalue weighted by molar-refractivity contribution is -0.138. The summed E-state index contributed by atoms with van der Waals surface area (Å²) in [5.41, 5.74) is 4.81. The SMILES string of the molecule is C=C(C)C(NC(=O)OCC1c2ccccc2-c2ccccc21)C(=O)O. The fourth-order valence-electron chi connectivity index (χ4n) is 3.15. The lowest BCUT2D eigenvalue weighted by Gasteiger charge is -2.17. The Labute approximate surface area is 145 Å². The van der Waals surface area contributed by atoms with Gasteiger partial charge in [0.2, 0.25) is 0 Å². The number of aliphatic carboxylic acids is 1. The number of carbonyl (C=O) groups excluding carboxylic acids is 1. The lowest BCUT2D eigenvalue weighted by Crippen LogP contribution is -2.42. The minimum Gasteiger partial charge on any atom is -0.479 e. The predicted molar refractivity (Wildman–Crippen MR) is 94.4 cm³/mol. The molecule has 0 saturated heterocycles. The van der Waals surface area contributed by atoms with Crippen molar-refractivity contribution < 1.29 is 19.4 Å². The van der Waals surface area contributed by atoms with Gasteiger partial charge in [0.05, 0.1) is 0 Å². The van der Waals surface area contributed by atoms with Gasteiger partial charge in [-0.15, -0.1) is 0 Å². The summed E-state index contributed by atoms with van der Waals surface area (Å²) in [5.74, 6) is -1.23. The summed E-state index contributed by atoms with van der Waals surface area (Å²) in [6, 6.07) is 14.9. The van der Waals surface area contributed by atoms with E-state index in [9.17, 15) is 9.59 Å². The summed E-state index contributed by atoms with van der Waals surface area (Å²) < 4.78 is 5.32. The Hall–Kier alpha value is -3.08. The average Bonchev–Trinajstić information content (AvgIpc) is 2.91. The van der Waals surface area contributed by atoms with Crippen molar-refractivity contribution in [2.45, 2.75) is 18.9 Å². The van der Waals surface area contributed by atoms with Crippen molar-refractivity contribution in [2.24, 2.45) is 0 Å². The normalized spacial score (nSPS) is 13.5. The first kappa shape index (κ1) is 16.8. The van der Waals surface area contributed by atoms with Crippen LogP contribution in [-0.4, -0.2) is 29.8 Å². The lowest BCUT2D eigenvalue weighted by atomic mass is 9.98. The van der Waals surface area contributed by atoms with Crippen molar-refractivity contribution in [3.8, 4) is 11.1 Å². The smallest absolute Gasteiger partial charge is 0.408 e. The van der Waals surface area contributed by atoms with Gasteiger partial charge in [-0.2, -0.15) is 0 Å². The summed E-state index contributed by atoms with van der Waals surface area (Å²) >= 11 is 0. The number of amides is 1. The molecule has 0 aliphatic heterocycles. The number of ether oxygens (including phenoxy) is 1. The number of rotatable bonds is 5. The molecule has 2 N–H and O–H groups in total. The first-order valence-electron chi connectivity index (χ1n) is 7.98. The molecule has 2 aromatic rings. The molecule has 25 heavy (non-hydrogen) atoms. The zero-order chi connectivity index (χ0) is 18.0. The molecular weight excluding hydrogens is 318 g/mol. The molecule has 128 valence electrons. The average molecular weight is 337 g/mol. The van der Waals surface area contributed by atoms with Gasteiger partial charge in [-0.25, -0.2) is 9.59 Å². The van der Waals surface area contributed by atoms with Gasteiger partial charge >= 0.3 is 12.1 Å². The van der Waals surface area contributed by atoms with Crippen LogP contribution in [-0.2, 0) is 9.53 Å². The molecular formula is C20H19NO4. The van der Waals surface area contributed by atoms with Crippen LogP contribution in [0.25, 0.3) is 11.1 Å². The molecule has 0 spiro atoms. The third-order valence-corrected chi connectivity index (χ3v) is 4.35. The van der Waals surface area contributed by atoms with Crippen LogP contribution in [0.4, 0.5) is 4.79 Å². The highest BCUT2D eigenvalue weighted by Gasteiger charge is 2.29. The van der Waals surface area contributed by atoms with E-state index in [0.29, 0.717) is 5.57 Å². The van der Waals surface area contributed by atoms with Crippen LogP contribution in [0.2, 0.25) is 0 Å². The predicted octanol–water partition coefficient (Wildman–Crippen LogP) is 3.55. The van der Waals surface area contributed by atoms with E-state index in [1.807, 2.05) is 36.4 Å². The second-order valence-electron chi connectivity index (χ2n) is 6.09. The van der Waals surface area contributed by atoms with E-state index in [0.717, 1.165) is 22.3 Å². The highest BCUT2D eigenvalue weighted by molar-refractivity contribution is 5.83. The summed E-state index contributed by atoms with van der Waals surface area (Å²) in [4.78, 5) is 23.1. The van der Waals surface area contributed by atoms with Crippen LogP contribution in [0.5, 0.6) is 0 Å². The minimum absolute atomic E-state index is 0.0637. The van der Waals surface area contributed by atoms with Crippen LogP contribution >= 0.6 is 0 Å². The topological polar surface area (TPSA) is 75.6 Å². The third kappa shape index (κ3) is 3.26. The van der Waals surface area contributed by atoms with Crippen molar-refractivity contribution in [3.63, 3.8) is 0 Å². The van der Waals surface area contributed by atoms with E-state index < -0.39 is 18.1 Å². The molecule has 3 rings (SSSR count). The molecule has 2 aromatic carbocycles. The fraction of sp³-hybridized carbons (Fsp3) is 0.200. The third-order valence-electron chi connectivity index (χ3n) is 4.35. The van der Waals surface area contributed by atoms with E-state index in [-0.39, 0.29) is 12.5 Å². The Morgan fingerprint density at radius 2 is 1.64 bits per heavy atom. The minimum atomic E-state index is -1.17. The second kappa shape index (κ2) is 6.81. The zero-order valence-electron chi connectivity index (χ0n) is 13.9. The summed E-state index contributed by atoms with van der Waals surface area (Å²) in [5, 5.41) is 11.4. The maximum Gasteiger partial charge on any atom is 0.408 e. The van der Waals surface area contributed by atoms with E-state index in [4.69, 9.17) is 9.84 Å². The monoisotopic (exact) mass is 337 g/mol. The highest BCUT2D eigenvalue weighted by atomic mass is 16.5. The van der Waals surface area contributed by atoms with Crippen molar-refractivity contribution in [2.75, 3.05) is 6.61 Å². The van der Waals surface area contributed by atoms with Crippen molar-refractivity contribution >= 4 is 12.1 Å². The number of carboxylic acid groups (broad SMARTS) is 1. The molecule has 1 aliphatic rings. The largest absolute Gasteiger partial charge is 0.479 e. The molecule has 0 fully saturated rings. The first-order chi connectivity index (χ1) is 12.0. The quantitative estimate of drug-likeness (QED) is 0.818. The second-order valence-corrected chi connectivity index (χ2v) is 6.09. The van der Waals surface area contributed by atoms with Gasteiger partial charge in [0, 0.05) is 5.92 Å². The molecule has 0 bridgehead atoms. The van der Waals surface area contributed by atoms with Gasteiger partial charge in [0.1, 0.15) is 6.61 Å². The summed E-state index contributed by atoms with van der Waals surface area (Å²) in [6.45, 7) is 5.26. The Kier molecular flexibility index (Phi) is 4.57. The molecule has 1 unspecified atom stereocenters. The Bertz CT molecular complexity index is 784. The molecule has 1 atom stereocenters. The van der Waals surface area contributed by atoms with Crippen LogP contribution < -0.4 is 5.32 Å². The van der Waals surface area contributed by atoms with Crippen LogP contribution in [0.15, 0.2) is 60.7 Å². The summed E-state index contributed by atoms with van der Waals surface area (Å²) in [6.07, 6.45) is -0.766. The van der Waals surface area contributed by atoms with Gasteiger partial charge < -0.3 is 15.2 Å². The maximum atomic E-state index is 12.0. The van der Waals surface area contributed by atoms with Crippen molar-refractivity contribution in [1.82, 2.24) is 5.32 Å². The van der Waals surface area contributed by atoms with Gasteiger partial charge in [0.25, 0.3) is 0 Å². The fourth-order valence-corrected chi connectivity index (χ4v) is 3.15. The standard InChI is InChI=1S/C20H19NO4/c1-12(2)18(19(22)23)21-20(24)25-11-17-15-9-5-3-7-13(15)14-8-4-6-10-16(14)17/h3-10,17-18H,1,11H2,2H3,(H,21,24)(H,22,23). The number of fused-ring (bicyclic) bond motifs is 3. The van der Waals surface area contributed by atoms with E-state index in [1.54, 1.807) is 6.92 Å². The molecule has 0 aromatic heterocycles. The summed E-state index contributed by atoms with van der Waals surface area (Å²) in [7, 11) is 0. The van der Waals surface area contributed by atoms with Crippen molar-refractivity contribution in [3.05, 3.63) is 71.8 Å². The number of alkyl carbamates (subject to hydrolysis) is 1. The van der Waals surface area contributed by atoms with E-state index in [1.165, 1.54) is 0 Å². The number of carboxylic acids is 1. The Morgan fingerprint density at radius 1 is 1.12 bits per heavy atom. The molecule has 0 heterocycles. The van der Waals surface area contributed by atoms with Gasteiger partial charge in [-0.3, -0.25) is 0 Å². The molecule has 5 nitrogen and oxygen atoms in total. The van der Waals surface area contributed by atoms with Gasteiger partial charge in [-0.1, -0.05) is 55.1 Å². The number of carbonyl (C=O) groups is 2. The molecule has 1 aliphatic carbocycles. The van der Waals surface area contributed by atoms with Crippen LogP contribution in [0.1, 0.15) is 24.0 Å². The van der Waals surface area contributed by atoms with E-state index >= 15 is 0 Å². The number of hydrogen-bond acceptors (Lipinski definition) is 3. The maximum absolute atomic E-state index is 12.0. The van der Waals surface area contributed by atoms with Crippen molar-refractivity contribution in [1.29, 1.82) is 0 Å². The number of nitrogens with one attached hydrogen (secondary N) is 1. The van der Waals surface area contributed by atoms with E-state index in [2.05, 4.69) is 24.0 Å². The molecule has 0 radical (unpaired) electrons. The molecule has 0 saturated carbocycles. The Morgan fingerprint density at radius 3 is 2.12 bits per heavy atom. The van der Waals surface area contributed by atoms with Gasteiger partial charge in [-0.05, 0) is 34.8 Å². The van der Waals surface area contributed by atoms with Gasteiger partial charge in [0.15, 0.2) is 6.04 Å². The number of benzene rings is 2. The van der Waals surface area contributed by atoms with Crippen LogP contribution in [0.3, 0.4) is 0 Å². The highest BCUT2D eigenvalue weighted by Crippen LogP contribution is 2.44. The molecule has 1 amide bonds. The Balaban J connectivity index is 1.74. The molecule has 5 heteroatoms. The zero-order valence-corrected chi connectivity index (χ0v) is 13.9.